The van der Waals surface area contributed by atoms with Gasteiger partial charge in [-0.3, -0.25) is 0 Å². The van der Waals surface area contributed by atoms with Crippen LogP contribution in [-0.4, -0.2) is 26.2 Å². The first-order valence-electron chi connectivity index (χ1n) is 5.87. The standard InChI is InChI=1S/C11H19N3O/c1-2-6-14-11(8-12-13-14)9-4-3-5-10(15)7-9/h8-10,15H,2-7H2,1H3. The number of aliphatic hydroxyl groups excluding tert-OH is 1. The number of hydrogen-bond donors (Lipinski definition) is 1. The van der Waals surface area contributed by atoms with Gasteiger partial charge in [-0.2, -0.15) is 0 Å². The van der Waals surface area contributed by atoms with E-state index in [4.69, 9.17) is 0 Å². The Kier molecular flexibility index (Phi) is 3.36. The summed E-state index contributed by atoms with van der Waals surface area (Å²) in [6.07, 6.45) is 6.90. The number of rotatable bonds is 3. The van der Waals surface area contributed by atoms with Crippen LogP contribution in [0.25, 0.3) is 0 Å². The van der Waals surface area contributed by atoms with Crippen molar-refractivity contribution in [3.05, 3.63) is 11.9 Å². The number of aromatic nitrogens is 3. The molecule has 1 aliphatic carbocycles. The van der Waals surface area contributed by atoms with E-state index >= 15 is 0 Å². The highest BCUT2D eigenvalue weighted by Gasteiger charge is 2.24. The Hall–Kier alpha value is -0.900. The van der Waals surface area contributed by atoms with Gasteiger partial charge in [0.05, 0.1) is 18.0 Å². The van der Waals surface area contributed by atoms with Crippen LogP contribution in [0, 0.1) is 0 Å². The molecule has 0 saturated heterocycles. The van der Waals surface area contributed by atoms with Gasteiger partial charge in [0.1, 0.15) is 0 Å². The van der Waals surface area contributed by atoms with Gasteiger partial charge in [-0.25, -0.2) is 4.68 Å². The molecule has 0 aliphatic heterocycles. The average molecular weight is 209 g/mol. The van der Waals surface area contributed by atoms with E-state index in [1.54, 1.807) is 0 Å². The van der Waals surface area contributed by atoms with Crippen molar-refractivity contribution >= 4 is 0 Å². The molecule has 4 heteroatoms. The average Bonchev–Trinajstić information content (AvgIpc) is 2.66. The van der Waals surface area contributed by atoms with Gasteiger partial charge in [-0.1, -0.05) is 18.6 Å². The summed E-state index contributed by atoms with van der Waals surface area (Å²) < 4.78 is 1.99. The number of aryl methyl sites for hydroxylation is 1. The summed E-state index contributed by atoms with van der Waals surface area (Å²) >= 11 is 0. The highest BCUT2D eigenvalue weighted by molar-refractivity contribution is 5.05. The second kappa shape index (κ2) is 4.75. The van der Waals surface area contributed by atoms with Crippen LogP contribution in [0.4, 0.5) is 0 Å². The maximum Gasteiger partial charge on any atom is 0.0728 e. The Balaban J connectivity index is 2.10. The quantitative estimate of drug-likeness (QED) is 0.824. The molecule has 1 aromatic rings. The first-order chi connectivity index (χ1) is 7.31. The normalized spacial score (nSPS) is 26.8. The van der Waals surface area contributed by atoms with Crippen LogP contribution in [-0.2, 0) is 6.54 Å². The SMILES string of the molecule is CCCn1nncc1C1CCCC(O)C1. The Morgan fingerprint density at radius 2 is 2.40 bits per heavy atom. The highest BCUT2D eigenvalue weighted by Crippen LogP contribution is 2.32. The lowest BCUT2D eigenvalue weighted by atomic mass is 9.85. The molecule has 1 N–H and O–H groups in total. The molecule has 0 radical (unpaired) electrons. The molecule has 0 spiro atoms. The molecule has 2 unspecified atom stereocenters. The van der Waals surface area contributed by atoms with Crippen molar-refractivity contribution in [3.63, 3.8) is 0 Å². The minimum Gasteiger partial charge on any atom is -0.393 e. The third-order valence-corrected chi connectivity index (χ3v) is 3.15. The molecule has 4 nitrogen and oxygen atoms in total. The third-order valence-electron chi connectivity index (χ3n) is 3.15. The van der Waals surface area contributed by atoms with E-state index in [0.29, 0.717) is 5.92 Å². The summed E-state index contributed by atoms with van der Waals surface area (Å²) in [7, 11) is 0. The van der Waals surface area contributed by atoms with Crippen LogP contribution in [0.15, 0.2) is 6.20 Å². The Labute approximate surface area is 90.3 Å². The maximum atomic E-state index is 9.65. The van der Waals surface area contributed by atoms with E-state index < -0.39 is 0 Å². The fourth-order valence-electron chi connectivity index (χ4n) is 2.40. The van der Waals surface area contributed by atoms with Crippen LogP contribution in [0.1, 0.15) is 50.6 Å². The van der Waals surface area contributed by atoms with E-state index in [9.17, 15) is 5.11 Å². The molecule has 1 aliphatic rings. The minimum absolute atomic E-state index is 0.131. The predicted octanol–water partition coefficient (Wildman–Crippen LogP) is 1.71. The molecular weight excluding hydrogens is 190 g/mol. The zero-order valence-electron chi connectivity index (χ0n) is 9.26. The lowest BCUT2D eigenvalue weighted by Gasteiger charge is -2.25. The molecule has 0 bridgehead atoms. The Morgan fingerprint density at radius 3 is 3.13 bits per heavy atom. The van der Waals surface area contributed by atoms with Crippen LogP contribution in [0.2, 0.25) is 0 Å². The second-order valence-corrected chi connectivity index (χ2v) is 4.40. The van der Waals surface area contributed by atoms with Gasteiger partial charge in [0.2, 0.25) is 0 Å². The lowest BCUT2D eigenvalue weighted by molar-refractivity contribution is 0.117. The van der Waals surface area contributed by atoms with Gasteiger partial charge in [0.15, 0.2) is 0 Å². The zero-order valence-corrected chi connectivity index (χ0v) is 9.26. The van der Waals surface area contributed by atoms with Crippen molar-refractivity contribution in [2.24, 2.45) is 0 Å². The smallest absolute Gasteiger partial charge is 0.0728 e. The van der Waals surface area contributed by atoms with Crippen molar-refractivity contribution < 1.29 is 5.11 Å². The molecular formula is C11H19N3O. The molecule has 0 amide bonds. The summed E-state index contributed by atoms with van der Waals surface area (Å²) in [5.41, 5.74) is 1.20. The van der Waals surface area contributed by atoms with Crippen molar-refractivity contribution in [2.45, 2.75) is 57.6 Å². The van der Waals surface area contributed by atoms with Crippen molar-refractivity contribution in [3.8, 4) is 0 Å². The Morgan fingerprint density at radius 1 is 1.53 bits per heavy atom. The van der Waals surface area contributed by atoms with E-state index in [0.717, 1.165) is 38.6 Å². The first-order valence-corrected chi connectivity index (χ1v) is 5.87. The fourth-order valence-corrected chi connectivity index (χ4v) is 2.40. The third kappa shape index (κ3) is 2.37. The lowest BCUT2D eigenvalue weighted by Crippen LogP contribution is -2.20. The number of hydrogen-bond acceptors (Lipinski definition) is 3. The van der Waals surface area contributed by atoms with Crippen molar-refractivity contribution in [1.82, 2.24) is 15.0 Å². The summed E-state index contributed by atoms with van der Waals surface area (Å²) in [5, 5.41) is 17.7. The van der Waals surface area contributed by atoms with Gasteiger partial charge in [0.25, 0.3) is 0 Å². The Bertz CT molecular complexity index is 311. The highest BCUT2D eigenvalue weighted by atomic mass is 16.3. The van der Waals surface area contributed by atoms with Crippen LogP contribution < -0.4 is 0 Å². The van der Waals surface area contributed by atoms with E-state index in [-0.39, 0.29) is 6.10 Å². The summed E-state index contributed by atoms with van der Waals surface area (Å²) in [6, 6.07) is 0. The van der Waals surface area contributed by atoms with E-state index in [2.05, 4.69) is 17.2 Å². The zero-order chi connectivity index (χ0) is 10.7. The first kappa shape index (κ1) is 10.6. The number of aliphatic hydroxyl groups is 1. The van der Waals surface area contributed by atoms with E-state index in [1.165, 1.54) is 5.69 Å². The molecule has 1 heterocycles. The predicted molar refractivity (Wildman–Crippen MR) is 57.5 cm³/mol. The molecule has 84 valence electrons. The molecule has 1 saturated carbocycles. The van der Waals surface area contributed by atoms with Crippen LogP contribution in [0.3, 0.4) is 0 Å². The molecule has 1 fully saturated rings. The molecule has 1 aromatic heterocycles. The van der Waals surface area contributed by atoms with Gasteiger partial charge in [0, 0.05) is 12.5 Å². The van der Waals surface area contributed by atoms with Gasteiger partial charge in [-0.15, -0.1) is 5.10 Å². The summed E-state index contributed by atoms with van der Waals surface area (Å²) in [4.78, 5) is 0. The van der Waals surface area contributed by atoms with Gasteiger partial charge in [-0.05, 0) is 25.7 Å². The van der Waals surface area contributed by atoms with Crippen LogP contribution in [0.5, 0.6) is 0 Å². The van der Waals surface area contributed by atoms with Crippen LogP contribution >= 0.6 is 0 Å². The van der Waals surface area contributed by atoms with E-state index in [1.807, 2.05) is 10.9 Å². The topological polar surface area (TPSA) is 50.9 Å². The molecule has 0 aromatic carbocycles. The maximum absolute atomic E-state index is 9.65. The second-order valence-electron chi connectivity index (χ2n) is 4.40. The fraction of sp³-hybridized carbons (Fsp3) is 0.818. The largest absolute Gasteiger partial charge is 0.393 e. The van der Waals surface area contributed by atoms with Gasteiger partial charge < -0.3 is 5.11 Å². The minimum atomic E-state index is -0.131. The summed E-state index contributed by atoms with van der Waals surface area (Å²) in [6.45, 7) is 3.07. The molecule has 15 heavy (non-hydrogen) atoms. The number of nitrogens with zero attached hydrogens (tertiary/aromatic N) is 3. The van der Waals surface area contributed by atoms with Crippen molar-refractivity contribution in [1.29, 1.82) is 0 Å². The summed E-state index contributed by atoms with van der Waals surface area (Å²) in [5.74, 6) is 0.454. The van der Waals surface area contributed by atoms with Gasteiger partial charge >= 0.3 is 0 Å². The van der Waals surface area contributed by atoms with Crippen molar-refractivity contribution in [2.75, 3.05) is 0 Å². The molecule has 2 atom stereocenters. The molecule has 2 rings (SSSR count). The monoisotopic (exact) mass is 209 g/mol.